The van der Waals surface area contributed by atoms with Crippen LogP contribution in [0.1, 0.15) is 13.3 Å². The van der Waals surface area contributed by atoms with Crippen molar-refractivity contribution in [2.45, 2.75) is 19.4 Å². The zero-order chi connectivity index (χ0) is 15.9. The van der Waals surface area contributed by atoms with E-state index in [9.17, 15) is 0 Å². The maximum absolute atomic E-state index is 7.57. The minimum atomic E-state index is 0.0993. The van der Waals surface area contributed by atoms with Crippen molar-refractivity contribution in [1.82, 2.24) is 0 Å². The van der Waals surface area contributed by atoms with Crippen LogP contribution in [0, 0.1) is 0 Å². The van der Waals surface area contributed by atoms with Gasteiger partial charge in [-0.2, -0.15) is 0 Å². The van der Waals surface area contributed by atoms with Gasteiger partial charge in [0.15, 0.2) is 0 Å². The van der Waals surface area contributed by atoms with Gasteiger partial charge in [-0.05, 0) is 37.6 Å². The first kappa shape index (κ1) is 19.2. The van der Waals surface area contributed by atoms with Crippen molar-refractivity contribution < 1.29 is 14.6 Å². The zero-order valence-electron chi connectivity index (χ0n) is 13.2. The van der Waals surface area contributed by atoms with Crippen LogP contribution in [0.15, 0.2) is 49.1 Å². The van der Waals surface area contributed by atoms with E-state index in [0.717, 1.165) is 24.4 Å². The van der Waals surface area contributed by atoms with Crippen molar-refractivity contribution in [3.63, 3.8) is 0 Å². The van der Waals surface area contributed by atoms with Gasteiger partial charge in [0.1, 0.15) is 5.75 Å². The van der Waals surface area contributed by atoms with Crippen LogP contribution in [0.5, 0.6) is 5.75 Å². The highest BCUT2D eigenvalue weighted by Gasteiger charge is 1.96. The van der Waals surface area contributed by atoms with Gasteiger partial charge < -0.3 is 19.9 Å². The molecule has 0 bridgehead atoms. The topological polar surface area (TPSA) is 50.7 Å². The molecule has 1 unspecified atom stereocenters. The number of rotatable bonds is 8. The quantitative estimate of drug-likeness (QED) is 0.722. The molecule has 0 fully saturated rings. The van der Waals surface area contributed by atoms with Crippen LogP contribution in [-0.4, -0.2) is 38.6 Å². The molecule has 0 spiro atoms. The zero-order valence-corrected chi connectivity index (χ0v) is 13.2. The molecule has 2 N–H and O–H groups in total. The Morgan fingerprint density at radius 1 is 1.24 bits per heavy atom. The molecule has 0 aliphatic heterocycles. The molecule has 0 amide bonds. The van der Waals surface area contributed by atoms with Gasteiger partial charge in [0.05, 0.1) is 13.2 Å². The van der Waals surface area contributed by atoms with E-state index >= 15 is 0 Å². The Morgan fingerprint density at radius 3 is 2.33 bits per heavy atom. The lowest BCUT2D eigenvalue weighted by atomic mass is 10.2. The van der Waals surface area contributed by atoms with Gasteiger partial charge in [0.25, 0.3) is 0 Å². The molecular formula is C17H27NO3. The molecule has 1 atom stereocenters. The number of aliphatic hydroxyl groups excluding tert-OH is 1. The first-order valence-electron chi connectivity index (χ1n) is 7.00. The van der Waals surface area contributed by atoms with E-state index in [2.05, 4.69) is 24.0 Å². The van der Waals surface area contributed by atoms with Crippen LogP contribution in [0.2, 0.25) is 0 Å². The highest BCUT2D eigenvalue weighted by molar-refractivity contribution is 5.46. The second kappa shape index (κ2) is 13.2. The Kier molecular flexibility index (Phi) is 12.1. The van der Waals surface area contributed by atoms with Crippen LogP contribution < -0.4 is 10.1 Å². The number of hydrogen-bond acceptors (Lipinski definition) is 4. The van der Waals surface area contributed by atoms with Crippen LogP contribution in [0.25, 0.3) is 0 Å². The Hall–Kier alpha value is -1.78. The molecule has 0 heterocycles. The third-order valence-corrected chi connectivity index (χ3v) is 2.61. The summed E-state index contributed by atoms with van der Waals surface area (Å²) in [6, 6.07) is 7.86. The second-order valence-electron chi connectivity index (χ2n) is 4.14. The molecule has 1 rings (SSSR count). The molecule has 118 valence electrons. The molecule has 0 saturated carbocycles. The van der Waals surface area contributed by atoms with Gasteiger partial charge in [-0.25, -0.2) is 0 Å². The lowest BCUT2D eigenvalue weighted by Gasteiger charge is -2.07. The van der Waals surface area contributed by atoms with E-state index in [1.807, 2.05) is 24.3 Å². The van der Waals surface area contributed by atoms with Crippen molar-refractivity contribution in [1.29, 1.82) is 0 Å². The van der Waals surface area contributed by atoms with Gasteiger partial charge in [-0.1, -0.05) is 18.2 Å². The SMILES string of the molecule is C=CC(C/C=C/CNc1ccc(OC)cc1)OC.CCO. The Morgan fingerprint density at radius 2 is 1.86 bits per heavy atom. The number of aliphatic hydroxyl groups is 1. The summed E-state index contributed by atoms with van der Waals surface area (Å²) < 4.78 is 10.3. The van der Waals surface area contributed by atoms with E-state index in [-0.39, 0.29) is 12.7 Å². The van der Waals surface area contributed by atoms with Crippen molar-refractivity contribution in [2.75, 3.05) is 32.7 Å². The molecule has 0 radical (unpaired) electrons. The van der Waals surface area contributed by atoms with E-state index in [1.54, 1.807) is 27.2 Å². The highest BCUT2D eigenvalue weighted by Crippen LogP contribution is 2.14. The maximum atomic E-state index is 7.57. The molecular weight excluding hydrogens is 266 g/mol. The largest absolute Gasteiger partial charge is 0.497 e. The Labute approximate surface area is 128 Å². The minimum absolute atomic E-state index is 0.0993. The third-order valence-electron chi connectivity index (χ3n) is 2.61. The predicted molar refractivity (Wildman–Crippen MR) is 89.0 cm³/mol. The third kappa shape index (κ3) is 9.71. The second-order valence-corrected chi connectivity index (χ2v) is 4.14. The van der Waals surface area contributed by atoms with Crippen molar-refractivity contribution in [2.24, 2.45) is 0 Å². The fraction of sp³-hybridized carbons (Fsp3) is 0.412. The number of hydrogen-bond donors (Lipinski definition) is 2. The van der Waals surface area contributed by atoms with Gasteiger partial charge in [0.2, 0.25) is 0 Å². The summed E-state index contributed by atoms with van der Waals surface area (Å²) >= 11 is 0. The highest BCUT2D eigenvalue weighted by atomic mass is 16.5. The summed E-state index contributed by atoms with van der Waals surface area (Å²) in [5.74, 6) is 0.866. The van der Waals surface area contributed by atoms with Crippen LogP contribution >= 0.6 is 0 Å². The smallest absolute Gasteiger partial charge is 0.119 e. The van der Waals surface area contributed by atoms with Crippen molar-refractivity contribution in [3.05, 3.63) is 49.1 Å². The molecule has 0 aromatic heterocycles. The predicted octanol–water partition coefficient (Wildman–Crippen LogP) is 3.25. The molecule has 0 saturated heterocycles. The molecule has 0 aliphatic rings. The standard InChI is InChI=1S/C15H21NO2.C2H6O/c1-4-14(17-2)7-5-6-12-16-13-8-10-15(18-3)11-9-13;1-2-3/h4-6,8-11,14,16H,1,7,12H2,2-3H3;3H,2H2,1H3/b6-5+;. The molecule has 4 nitrogen and oxygen atoms in total. The number of anilines is 1. The van der Waals surface area contributed by atoms with Gasteiger partial charge in [0, 0.05) is 25.9 Å². The van der Waals surface area contributed by atoms with E-state index < -0.39 is 0 Å². The summed E-state index contributed by atoms with van der Waals surface area (Å²) in [6.07, 6.45) is 6.93. The summed E-state index contributed by atoms with van der Waals surface area (Å²) in [5, 5.41) is 10.9. The Bertz CT molecular complexity index is 388. The number of benzene rings is 1. The van der Waals surface area contributed by atoms with E-state index in [1.165, 1.54) is 0 Å². The van der Waals surface area contributed by atoms with Gasteiger partial charge in [-0.15, -0.1) is 6.58 Å². The fourth-order valence-corrected chi connectivity index (χ4v) is 1.49. The van der Waals surface area contributed by atoms with Gasteiger partial charge >= 0.3 is 0 Å². The van der Waals surface area contributed by atoms with Gasteiger partial charge in [-0.3, -0.25) is 0 Å². The number of methoxy groups -OCH3 is 2. The summed E-state index contributed by atoms with van der Waals surface area (Å²) in [6.45, 7) is 6.43. The van der Waals surface area contributed by atoms with Crippen LogP contribution in [0.3, 0.4) is 0 Å². The lowest BCUT2D eigenvalue weighted by molar-refractivity contribution is 0.144. The average molecular weight is 293 g/mol. The van der Waals surface area contributed by atoms with Crippen LogP contribution in [-0.2, 0) is 4.74 Å². The first-order chi connectivity index (χ1) is 10.2. The lowest BCUT2D eigenvalue weighted by Crippen LogP contribution is -2.04. The van der Waals surface area contributed by atoms with Crippen LogP contribution in [0.4, 0.5) is 5.69 Å². The molecule has 21 heavy (non-hydrogen) atoms. The molecule has 1 aromatic rings. The fourth-order valence-electron chi connectivity index (χ4n) is 1.49. The summed E-state index contributed by atoms with van der Waals surface area (Å²) in [5.41, 5.74) is 1.08. The molecule has 4 heteroatoms. The van der Waals surface area contributed by atoms with Crippen molar-refractivity contribution >= 4 is 5.69 Å². The number of ether oxygens (including phenoxy) is 2. The molecule has 1 aromatic carbocycles. The maximum Gasteiger partial charge on any atom is 0.119 e. The Balaban J connectivity index is 0.00000122. The monoisotopic (exact) mass is 293 g/mol. The van der Waals surface area contributed by atoms with E-state index in [4.69, 9.17) is 14.6 Å². The minimum Gasteiger partial charge on any atom is -0.497 e. The number of nitrogens with one attached hydrogen (secondary N) is 1. The average Bonchev–Trinajstić information content (AvgIpc) is 2.52. The van der Waals surface area contributed by atoms with E-state index in [0.29, 0.717) is 0 Å². The molecule has 0 aliphatic carbocycles. The summed E-state index contributed by atoms with van der Waals surface area (Å²) in [7, 11) is 3.35. The summed E-state index contributed by atoms with van der Waals surface area (Å²) in [4.78, 5) is 0. The normalized spacial score (nSPS) is 11.4. The first-order valence-corrected chi connectivity index (χ1v) is 7.00. The van der Waals surface area contributed by atoms with Crippen molar-refractivity contribution in [3.8, 4) is 5.75 Å².